The van der Waals surface area contributed by atoms with Crippen molar-refractivity contribution in [2.45, 2.75) is 39.3 Å². The monoisotopic (exact) mass is 293 g/mol. The molecule has 7 heteroatoms. The van der Waals surface area contributed by atoms with Crippen LogP contribution in [-0.2, 0) is 11.4 Å². The number of amides is 2. The van der Waals surface area contributed by atoms with E-state index in [2.05, 4.69) is 22.4 Å². The van der Waals surface area contributed by atoms with E-state index in [-0.39, 0.29) is 12.1 Å². The van der Waals surface area contributed by atoms with Gasteiger partial charge < -0.3 is 19.6 Å². The molecule has 1 aromatic rings. The van der Waals surface area contributed by atoms with Gasteiger partial charge in [0.25, 0.3) is 0 Å². The van der Waals surface area contributed by atoms with Crippen LogP contribution in [-0.4, -0.2) is 52.4 Å². The number of likely N-dealkylation sites (N-methyl/N-ethyl adjacent to an activating group) is 1. The summed E-state index contributed by atoms with van der Waals surface area (Å²) < 4.78 is 2.02. The van der Waals surface area contributed by atoms with Crippen molar-refractivity contribution in [2.75, 3.05) is 20.1 Å². The predicted molar refractivity (Wildman–Crippen MR) is 80.2 cm³/mol. The summed E-state index contributed by atoms with van der Waals surface area (Å²) in [4.78, 5) is 23.1. The van der Waals surface area contributed by atoms with Crippen LogP contribution in [0.15, 0.2) is 17.5 Å². The molecule has 0 saturated carbocycles. The number of imidazole rings is 1. The molecule has 1 aliphatic heterocycles. The van der Waals surface area contributed by atoms with Crippen molar-refractivity contribution < 1.29 is 9.63 Å². The van der Waals surface area contributed by atoms with Crippen LogP contribution >= 0.6 is 0 Å². The van der Waals surface area contributed by atoms with Gasteiger partial charge >= 0.3 is 6.03 Å². The lowest BCUT2D eigenvalue weighted by Crippen LogP contribution is -2.42. The van der Waals surface area contributed by atoms with E-state index in [1.165, 1.54) is 0 Å². The summed E-state index contributed by atoms with van der Waals surface area (Å²) >= 11 is 0. The maximum Gasteiger partial charge on any atom is 0.317 e. The first-order chi connectivity index (χ1) is 10.1. The number of oxime groups is 1. The lowest BCUT2D eigenvalue weighted by Gasteiger charge is -2.19. The van der Waals surface area contributed by atoms with E-state index in [0.717, 1.165) is 30.9 Å². The molecule has 1 N–H and O–H groups in total. The van der Waals surface area contributed by atoms with Crippen molar-refractivity contribution in [3.63, 3.8) is 0 Å². The number of urea groups is 1. The zero-order valence-electron chi connectivity index (χ0n) is 12.9. The third kappa shape index (κ3) is 4.21. The molecule has 0 radical (unpaired) electrons. The number of aromatic nitrogens is 2. The molecular weight excluding hydrogens is 270 g/mol. The second-order valence-electron chi connectivity index (χ2n) is 5.22. The highest BCUT2D eigenvalue weighted by Crippen LogP contribution is 2.11. The molecule has 0 aliphatic carbocycles. The van der Waals surface area contributed by atoms with Gasteiger partial charge in [0, 0.05) is 39.0 Å². The molecule has 116 valence electrons. The van der Waals surface area contributed by atoms with E-state index in [1.54, 1.807) is 18.1 Å². The third-order valence-corrected chi connectivity index (χ3v) is 3.63. The molecule has 7 nitrogen and oxygen atoms in total. The Kier molecular flexibility index (Phi) is 5.19. The Morgan fingerprint density at radius 2 is 2.43 bits per heavy atom. The summed E-state index contributed by atoms with van der Waals surface area (Å²) in [5.74, 6) is 0.951. The molecule has 0 fully saturated rings. The Hall–Kier alpha value is -2.05. The van der Waals surface area contributed by atoms with Crippen LogP contribution in [0.2, 0.25) is 0 Å². The molecule has 1 aliphatic rings. The zero-order chi connectivity index (χ0) is 15.2. The van der Waals surface area contributed by atoms with Crippen molar-refractivity contribution in [3.8, 4) is 0 Å². The van der Waals surface area contributed by atoms with E-state index < -0.39 is 0 Å². The molecule has 0 unspecified atom stereocenters. The fourth-order valence-corrected chi connectivity index (χ4v) is 2.14. The van der Waals surface area contributed by atoms with Crippen molar-refractivity contribution in [3.05, 3.63) is 18.2 Å². The molecule has 0 saturated heterocycles. The average molecular weight is 293 g/mol. The van der Waals surface area contributed by atoms with Gasteiger partial charge in [-0.1, -0.05) is 12.1 Å². The SMILES string of the molecule is CCC1=NO[C@H](CNC(=O)N(C)CCn2ccnc2C)C1. The van der Waals surface area contributed by atoms with Gasteiger partial charge in [0.1, 0.15) is 11.9 Å². The van der Waals surface area contributed by atoms with Crippen LogP contribution in [0.1, 0.15) is 25.6 Å². The summed E-state index contributed by atoms with van der Waals surface area (Å²) in [7, 11) is 1.78. The van der Waals surface area contributed by atoms with Crippen molar-refractivity contribution in [2.24, 2.45) is 5.16 Å². The van der Waals surface area contributed by atoms with Crippen LogP contribution in [0.3, 0.4) is 0 Å². The minimum absolute atomic E-state index is 0.0341. The summed E-state index contributed by atoms with van der Waals surface area (Å²) in [6, 6.07) is -0.0960. The van der Waals surface area contributed by atoms with Crippen LogP contribution in [0.25, 0.3) is 0 Å². The second kappa shape index (κ2) is 7.10. The molecule has 2 amide bonds. The lowest BCUT2D eigenvalue weighted by atomic mass is 10.1. The number of aryl methyl sites for hydroxylation is 1. The van der Waals surface area contributed by atoms with Crippen LogP contribution in [0.5, 0.6) is 0 Å². The first kappa shape index (κ1) is 15.3. The van der Waals surface area contributed by atoms with Crippen molar-refractivity contribution >= 4 is 11.7 Å². The molecule has 2 heterocycles. The van der Waals surface area contributed by atoms with Gasteiger partial charge in [0.15, 0.2) is 0 Å². The number of rotatable bonds is 6. The van der Waals surface area contributed by atoms with Gasteiger partial charge in [-0.15, -0.1) is 0 Å². The average Bonchev–Trinajstić information content (AvgIpc) is 3.10. The molecule has 0 spiro atoms. The number of hydrogen-bond acceptors (Lipinski definition) is 4. The topological polar surface area (TPSA) is 71.8 Å². The smallest absolute Gasteiger partial charge is 0.317 e. The number of nitrogens with zero attached hydrogens (tertiary/aromatic N) is 4. The largest absolute Gasteiger partial charge is 0.390 e. The number of carbonyl (C=O) groups excluding carboxylic acids is 1. The quantitative estimate of drug-likeness (QED) is 0.861. The number of hydrogen-bond donors (Lipinski definition) is 1. The lowest BCUT2D eigenvalue weighted by molar-refractivity contribution is 0.0851. The normalized spacial score (nSPS) is 17.3. The third-order valence-electron chi connectivity index (χ3n) is 3.63. The fraction of sp³-hybridized carbons (Fsp3) is 0.643. The van der Waals surface area contributed by atoms with Crippen LogP contribution in [0, 0.1) is 6.92 Å². The van der Waals surface area contributed by atoms with E-state index in [0.29, 0.717) is 13.1 Å². The molecular formula is C14H23N5O2. The molecule has 1 atom stereocenters. The van der Waals surface area contributed by atoms with Gasteiger partial charge in [-0.25, -0.2) is 9.78 Å². The zero-order valence-corrected chi connectivity index (χ0v) is 12.9. The van der Waals surface area contributed by atoms with Gasteiger partial charge in [0.05, 0.1) is 12.3 Å². The Morgan fingerprint density at radius 1 is 1.62 bits per heavy atom. The minimum atomic E-state index is -0.0960. The Balaban J connectivity index is 1.67. The maximum absolute atomic E-state index is 12.0. The van der Waals surface area contributed by atoms with E-state index in [4.69, 9.17) is 4.84 Å². The number of carbonyl (C=O) groups is 1. The van der Waals surface area contributed by atoms with Gasteiger partial charge in [0.2, 0.25) is 0 Å². The molecule has 21 heavy (non-hydrogen) atoms. The van der Waals surface area contributed by atoms with E-state index >= 15 is 0 Å². The standard InChI is InChI=1S/C14H23N5O2/c1-4-12-9-13(21-17-12)10-16-14(20)18(3)7-8-19-6-5-15-11(19)2/h5-6,13H,4,7-10H2,1-3H3,(H,16,20)/t13-/m0/s1. The first-order valence-electron chi connectivity index (χ1n) is 7.28. The molecule has 0 bridgehead atoms. The maximum atomic E-state index is 12.0. The summed E-state index contributed by atoms with van der Waals surface area (Å²) in [5.41, 5.74) is 1.05. The molecule has 0 aromatic carbocycles. The number of nitrogens with one attached hydrogen (secondary N) is 1. The highest BCUT2D eigenvalue weighted by molar-refractivity contribution is 5.85. The Morgan fingerprint density at radius 3 is 3.05 bits per heavy atom. The first-order valence-corrected chi connectivity index (χ1v) is 7.28. The second-order valence-corrected chi connectivity index (χ2v) is 5.22. The highest BCUT2D eigenvalue weighted by atomic mass is 16.6. The van der Waals surface area contributed by atoms with Crippen LogP contribution in [0.4, 0.5) is 4.79 Å². The molecule has 1 aromatic heterocycles. The predicted octanol–water partition coefficient (Wildman–Crippen LogP) is 1.39. The van der Waals surface area contributed by atoms with Crippen molar-refractivity contribution in [1.82, 2.24) is 19.8 Å². The van der Waals surface area contributed by atoms with E-state index in [9.17, 15) is 4.79 Å². The van der Waals surface area contributed by atoms with Crippen LogP contribution < -0.4 is 5.32 Å². The summed E-state index contributed by atoms with van der Waals surface area (Å²) in [5, 5.41) is 6.86. The van der Waals surface area contributed by atoms with Crippen molar-refractivity contribution in [1.29, 1.82) is 0 Å². The highest BCUT2D eigenvalue weighted by Gasteiger charge is 2.20. The minimum Gasteiger partial charge on any atom is -0.390 e. The molecule has 2 rings (SSSR count). The van der Waals surface area contributed by atoms with Gasteiger partial charge in [-0.3, -0.25) is 0 Å². The summed E-state index contributed by atoms with van der Waals surface area (Å²) in [6.45, 7) is 5.85. The fourth-order valence-electron chi connectivity index (χ4n) is 2.14. The van der Waals surface area contributed by atoms with Gasteiger partial charge in [-0.05, 0) is 13.3 Å². The Bertz CT molecular complexity index is 511. The van der Waals surface area contributed by atoms with Gasteiger partial charge in [-0.2, -0.15) is 0 Å². The van der Waals surface area contributed by atoms with E-state index in [1.807, 2.05) is 17.7 Å². The Labute approximate surface area is 125 Å². The summed E-state index contributed by atoms with van der Waals surface area (Å²) in [6.07, 6.45) is 5.34.